The zero-order chi connectivity index (χ0) is 13.5. The second-order valence-corrected chi connectivity index (χ2v) is 6.99. The lowest BCUT2D eigenvalue weighted by atomic mass is 9.66. The van der Waals surface area contributed by atoms with Gasteiger partial charge in [-0.05, 0) is 44.4 Å². The Morgan fingerprint density at radius 1 is 1.11 bits per heavy atom. The van der Waals surface area contributed by atoms with Crippen LogP contribution in [0.2, 0.25) is 0 Å². The number of thiocarbonyl (C=S) groups is 1. The fourth-order valence-electron chi connectivity index (χ4n) is 4.25. The number of fused-ring (bicyclic) bond motifs is 1. The average Bonchev–Trinajstić information content (AvgIpc) is 2.36. The van der Waals surface area contributed by atoms with E-state index in [9.17, 15) is 4.79 Å². The molecule has 1 heterocycles. The van der Waals surface area contributed by atoms with E-state index in [1.54, 1.807) is 0 Å². The second-order valence-electron chi connectivity index (χ2n) is 6.55. The summed E-state index contributed by atoms with van der Waals surface area (Å²) in [6, 6.07) is 0.474. The van der Waals surface area contributed by atoms with Gasteiger partial charge in [0.25, 0.3) is 0 Å². The number of rotatable bonds is 2. The highest BCUT2D eigenvalue weighted by Gasteiger charge is 2.51. The van der Waals surface area contributed by atoms with E-state index in [4.69, 9.17) is 18.0 Å². The molecule has 1 saturated heterocycles. The van der Waals surface area contributed by atoms with E-state index >= 15 is 0 Å². The van der Waals surface area contributed by atoms with Crippen LogP contribution in [-0.4, -0.2) is 28.4 Å². The Morgan fingerprint density at radius 3 is 2.42 bits per heavy atom. The highest BCUT2D eigenvalue weighted by atomic mass is 32.1. The summed E-state index contributed by atoms with van der Waals surface area (Å²) >= 11 is 5.20. The monoisotopic (exact) mass is 280 g/mol. The molecular weight excluding hydrogens is 256 g/mol. The van der Waals surface area contributed by atoms with Crippen molar-refractivity contribution in [3.8, 4) is 0 Å². The van der Waals surface area contributed by atoms with E-state index in [1.165, 1.54) is 32.1 Å². The number of hydrogen-bond donors (Lipinski definition) is 1. The molecule has 2 aliphatic carbocycles. The highest BCUT2D eigenvalue weighted by Crippen LogP contribution is 2.45. The van der Waals surface area contributed by atoms with Gasteiger partial charge in [-0.15, -0.1) is 0 Å². The Labute approximate surface area is 120 Å². The van der Waals surface area contributed by atoms with Crippen molar-refractivity contribution in [2.24, 2.45) is 17.1 Å². The van der Waals surface area contributed by atoms with Gasteiger partial charge in [-0.3, -0.25) is 4.79 Å². The van der Waals surface area contributed by atoms with Gasteiger partial charge in [0.15, 0.2) is 0 Å². The minimum Gasteiger partial charge on any atom is -0.392 e. The topological polar surface area (TPSA) is 46.3 Å². The van der Waals surface area contributed by atoms with Gasteiger partial charge in [-0.1, -0.05) is 31.5 Å². The Morgan fingerprint density at radius 2 is 1.79 bits per heavy atom. The lowest BCUT2D eigenvalue weighted by Crippen LogP contribution is -2.59. The zero-order valence-corrected chi connectivity index (χ0v) is 12.4. The van der Waals surface area contributed by atoms with Crippen LogP contribution in [0.15, 0.2) is 0 Å². The summed E-state index contributed by atoms with van der Waals surface area (Å²) in [5, 5.41) is 0. The molecule has 0 radical (unpaired) electrons. The van der Waals surface area contributed by atoms with Crippen LogP contribution in [0, 0.1) is 11.3 Å². The van der Waals surface area contributed by atoms with E-state index in [0.717, 1.165) is 38.1 Å². The van der Waals surface area contributed by atoms with Crippen LogP contribution < -0.4 is 5.73 Å². The van der Waals surface area contributed by atoms with Gasteiger partial charge in [-0.2, -0.15) is 0 Å². The van der Waals surface area contributed by atoms with Gasteiger partial charge in [0, 0.05) is 12.6 Å². The third-order valence-corrected chi connectivity index (χ3v) is 5.98. The fourth-order valence-corrected chi connectivity index (χ4v) is 4.54. The first-order chi connectivity index (χ1) is 9.15. The van der Waals surface area contributed by atoms with Crippen molar-refractivity contribution in [1.82, 2.24) is 4.90 Å². The fraction of sp³-hybridized carbons (Fsp3) is 0.867. The predicted molar refractivity (Wildman–Crippen MR) is 79.8 cm³/mol. The van der Waals surface area contributed by atoms with Crippen molar-refractivity contribution in [3.63, 3.8) is 0 Å². The quantitative estimate of drug-likeness (QED) is 0.791. The molecule has 0 aromatic carbocycles. The van der Waals surface area contributed by atoms with Gasteiger partial charge in [0.2, 0.25) is 5.91 Å². The minimum absolute atomic E-state index is 0.253. The van der Waals surface area contributed by atoms with E-state index in [2.05, 4.69) is 4.90 Å². The van der Waals surface area contributed by atoms with Gasteiger partial charge in [-0.25, -0.2) is 0 Å². The molecule has 2 saturated carbocycles. The van der Waals surface area contributed by atoms with Gasteiger partial charge in [0.05, 0.1) is 10.4 Å². The molecule has 2 N–H and O–H groups in total. The van der Waals surface area contributed by atoms with Gasteiger partial charge in [0.1, 0.15) is 0 Å². The zero-order valence-electron chi connectivity index (χ0n) is 11.6. The van der Waals surface area contributed by atoms with Crippen molar-refractivity contribution in [3.05, 3.63) is 0 Å². The van der Waals surface area contributed by atoms with Crippen LogP contribution >= 0.6 is 12.2 Å². The van der Waals surface area contributed by atoms with E-state index in [0.29, 0.717) is 11.0 Å². The number of carbonyl (C=O) groups excluding carboxylic acids is 1. The third-order valence-electron chi connectivity index (χ3n) is 5.59. The first-order valence-electron chi connectivity index (χ1n) is 7.76. The molecule has 3 fully saturated rings. The maximum absolute atomic E-state index is 13.0. The number of amides is 1. The van der Waals surface area contributed by atoms with E-state index < -0.39 is 5.41 Å². The molecule has 1 amide bonds. The number of nitrogens with two attached hydrogens (primary N) is 1. The Balaban J connectivity index is 1.80. The summed E-state index contributed by atoms with van der Waals surface area (Å²) in [5.41, 5.74) is 5.41. The van der Waals surface area contributed by atoms with Crippen LogP contribution in [0.3, 0.4) is 0 Å². The highest BCUT2D eigenvalue weighted by molar-refractivity contribution is 7.80. The largest absolute Gasteiger partial charge is 0.392 e. The minimum atomic E-state index is -0.478. The Bertz CT molecular complexity index is 390. The molecule has 0 unspecified atom stereocenters. The van der Waals surface area contributed by atoms with Crippen molar-refractivity contribution in [1.29, 1.82) is 0 Å². The number of piperidine rings is 1. The molecule has 1 aliphatic heterocycles. The van der Waals surface area contributed by atoms with Crippen molar-refractivity contribution >= 4 is 23.1 Å². The SMILES string of the molecule is NC(=S)C1(C(=O)N2CCC[C@H]3CCCC[C@H]32)CCC1. The lowest BCUT2D eigenvalue weighted by molar-refractivity contribution is -0.148. The molecule has 3 nitrogen and oxygen atoms in total. The number of nitrogens with zero attached hydrogens (tertiary/aromatic N) is 1. The Kier molecular flexibility index (Phi) is 3.54. The maximum Gasteiger partial charge on any atom is 0.235 e. The van der Waals surface area contributed by atoms with Crippen LogP contribution in [0.5, 0.6) is 0 Å². The molecule has 3 aliphatic rings. The number of hydrogen-bond acceptors (Lipinski definition) is 2. The summed E-state index contributed by atoms with van der Waals surface area (Å²) < 4.78 is 0. The molecule has 0 aromatic heterocycles. The molecular formula is C15H24N2OS. The van der Waals surface area contributed by atoms with Crippen LogP contribution in [0.25, 0.3) is 0 Å². The second kappa shape index (κ2) is 5.04. The average molecular weight is 280 g/mol. The molecule has 3 rings (SSSR count). The summed E-state index contributed by atoms with van der Waals surface area (Å²) in [5.74, 6) is 0.984. The smallest absolute Gasteiger partial charge is 0.235 e. The van der Waals surface area contributed by atoms with Crippen molar-refractivity contribution in [2.75, 3.05) is 6.54 Å². The maximum atomic E-state index is 13.0. The first-order valence-corrected chi connectivity index (χ1v) is 8.17. The molecule has 0 bridgehead atoms. The number of carbonyl (C=O) groups is 1. The van der Waals surface area contributed by atoms with Gasteiger partial charge < -0.3 is 10.6 Å². The van der Waals surface area contributed by atoms with Crippen LogP contribution in [-0.2, 0) is 4.79 Å². The standard InChI is InChI=1S/C15H24N2OS/c16-13(19)15(8-4-9-15)14(18)17-10-3-6-11-5-1-2-7-12(11)17/h11-12H,1-10H2,(H2,16,19)/t11-,12-/m1/s1. The van der Waals surface area contributed by atoms with E-state index in [-0.39, 0.29) is 5.91 Å². The molecule has 19 heavy (non-hydrogen) atoms. The van der Waals surface area contributed by atoms with Crippen LogP contribution in [0.4, 0.5) is 0 Å². The summed E-state index contributed by atoms with van der Waals surface area (Å²) in [6.07, 6.45) is 10.4. The number of likely N-dealkylation sites (tertiary alicyclic amines) is 1. The Hall–Kier alpha value is -0.640. The molecule has 0 spiro atoms. The summed E-state index contributed by atoms with van der Waals surface area (Å²) in [4.78, 5) is 15.5. The third kappa shape index (κ3) is 2.08. The van der Waals surface area contributed by atoms with Gasteiger partial charge >= 0.3 is 0 Å². The van der Waals surface area contributed by atoms with Crippen molar-refractivity contribution < 1.29 is 4.79 Å². The van der Waals surface area contributed by atoms with E-state index in [1.807, 2.05) is 0 Å². The normalized spacial score (nSPS) is 33.2. The molecule has 4 heteroatoms. The molecule has 2 atom stereocenters. The predicted octanol–water partition coefficient (Wildman–Crippen LogP) is 2.62. The first kappa shape index (κ1) is 13.3. The molecule has 106 valence electrons. The summed E-state index contributed by atoms with van der Waals surface area (Å²) in [7, 11) is 0. The molecule has 0 aromatic rings. The lowest BCUT2D eigenvalue weighted by Gasteiger charge is -2.50. The van der Waals surface area contributed by atoms with Crippen molar-refractivity contribution in [2.45, 2.75) is 63.8 Å². The van der Waals surface area contributed by atoms with Crippen LogP contribution in [0.1, 0.15) is 57.8 Å². The summed E-state index contributed by atoms with van der Waals surface area (Å²) in [6.45, 7) is 0.921.